The van der Waals surface area contributed by atoms with Crippen molar-refractivity contribution in [3.63, 3.8) is 0 Å². The normalized spacial score (nSPS) is 14.0. The molecule has 0 aliphatic heterocycles. The van der Waals surface area contributed by atoms with Gasteiger partial charge in [-0.25, -0.2) is 0 Å². The van der Waals surface area contributed by atoms with Crippen molar-refractivity contribution in [2.75, 3.05) is 0 Å². The van der Waals surface area contributed by atoms with Gasteiger partial charge in [-0.05, 0) is 25.0 Å². The average Bonchev–Trinajstić information content (AvgIpc) is 2.72. The molecule has 0 radical (unpaired) electrons. The van der Waals surface area contributed by atoms with E-state index in [1.165, 1.54) is 18.3 Å². The van der Waals surface area contributed by atoms with Crippen LogP contribution in [0.15, 0.2) is 12.1 Å². The van der Waals surface area contributed by atoms with Crippen molar-refractivity contribution in [1.29, 1.82) is 0 Å². The smallest absolute Gasteiger partial charge is 0.243 e. The Balaban J connectivity index is 2.68. The molecule has 2 atom stereocenters. The predicted octanol–water partition coefficient (Wildman–Crippen LogP) is 2.74. The summed E-state index contributed by atoms with van der Waals surface area (Å²) in [4.78, 5) is 24.3. The lowest BCUT2D eigenvalue weighted by molar-refractivity contribution is -0.129. The maximum atomic E-state index is 12.2. The van der Waals surface area contributed by atoms with E-state index in [1.807, 2.05) is 26.8 Å². The van der Waals surface area contributed by atoms with Crippen LogP contribution in [0.25, 0.3) is 0 Å². The first kappa shape index (κ1) is 16.0. The summed E-state index contributed by atoms with van der Waals surface area (Å²) in [5.74, 6) is -0.356. The van der Waals surface area contributed by atoms with Crippen LogP contribution in [0.2, 0.25) is 4.34 Å². The lowest BCUT2D eigenvalue weighted by Crippen LogP contribution is -2.49. The number of nitrogens with one attached hydrogen (secondary N) is 2. The molecule has 1 heterocycles. The molecule has 2 N–H and O–H groups in total. The molecular formula is C13H19ClN2O2S. The Labute approximate surface area is 122 Å². The lowest BCUT2D eigenvalue weighted by atomic mass is 10.0. The lowest BCUT2D eigenvalue weighted by Gasteiger charge is -2.23. The zero-order valence-corrected chi connectivity index (χ0v) is 13.1. The van der Waals surface area contributed by atoms with Gasteiger partial charge in [0.1, 0.15) is 6.04 Å². The van der Waals surface area contributed by atoms with Crippen LogP contribution in [-0.4, -0.2) is 17.9 Å². The Morgan fingerprint density at radius 1 is 1.21 bits per heavy atom. The van der Waals surface area contributed by atoms with Crippen molar-refractivity contribution in [3.05, 3.63) is 21.3 Å². The Hall–Kier alpha value is -1.07. The van der Waals surface area contributed by atoms with Gasteiger partial charge in [-0.15, -0.1) is 11.3 Å². The molecule has 0 aliphatic carbocycles. The van der Waals surface area contributed by atoms with Gasteiger partial charge in [0.05, 0.1) is 10.4 Å². The van der Waals surface area contributed by atoms with E-state index < -0.39 is 6.04 Å². The van der Waals surface area contributed by atoms with Crippen LogP contribution in [-0.2, 0) is 9.59 Å². The molecule has 0 aromatic carbocycles. The molecule has 0 saturated heterocycles. The fourth-order valence-electron chi connectivity index (χ4n) is 1.69. The van der Waals surface area contributed by atoms with Gasteiger partial charge < -0.3 is 10.6 Å². The Bertz CT molecular complexity index is 459. The molecule has 6 heteroatoms. The first-order valence-corrected chi connectivity index (χ1v) is 7.33. The predicted molar refractivity (Wildman–Crippen MR) is 78.3 cm³/mol. The molecule has 0 bridgehead atoms. The molecule has 1 rings (SSSR count). The highest BCUT2D eigenvalue weighted by molar-refractivity contribution is 7.16. The molecule has 1 aromatic heterocycles. The van der Waals surface area contributed by atoms with E-state index in [2.05, 4.69) is 10.6 Å². The highest BCUT2D eigenvalue weighted by Crippen LogP contribution is 2.26. The number of amides is 2. The standard InChI is InChI=1S/C13H19ClN2O2S/c1-7(2)12(16-9(4)17)13(18)15-8(3)10-5-6-11(14)19-10/h5-8,12H,1-4H3,(H,15,18)(H,16,17)/t8-,12-/m0/s1. The van der Waals surface area contributed by atoms with Gasteiger partial charge in [-0.3, -0.25) is 9.59 Å². The van der Waals surface area contributed by atoms with Crippen LogP contribution in [0.5, 0.6) is 0 Å². The number of hydrogen-bond acceptors (Lipinski definition) is 3. The second kappa shape index (κ2) is 6.91. The summed E-state index contributed by atoms with van der Waals surface area (Å²) >= 11 is 7.31. The molecule has 0 fully saturated rings. The quantitative estimate of drug-likeness (QED) is 0.878. The Morgan fingerprint density at radius 3 is 2.26 bits per heavy atom. The first-order chi connectivity index (χ1) is 8.81. The fraction of sp³-hybridized carbons (Fsp3) is 0.538. The zero-order valence-electron chi connectivity index (χ0n) is 11.5. The van der Waals surface area contributed by atoms with E-state index in [0.29, 0.717) is 4.34 Å². The van der Waals surface area contributed by atoms with E-state index in [-0.39, 0.29) is 23.8 Å². The van der Waals surface area contributed by atoms with E-state index in [0.717, 1.165) is 4.88 Å². The van der Waals surface area contributed by atoms with Gasteiger partial charge in [0, 0.05) is 11.8 Å². The molecule has 0 saturated carbocycles. The number of thiophene rings is 1. The molecule has 19 heavy (non-hydrogen) atoms. The monoisotopic (exact) mass is 302 g/mol. The molecule has 4 nitrogen and oxygen atoms in total. The molecule has 2 amide bonds. The Kier molecular flexibility index (Phi) is 5.82. The minimum atomic E-state index is -0.518. The van der Waals surface area contributed by atoms with Crippen molar-refractivity contribution in [1.82, 2.24) is 10.6 Å². The Morgan fingerprint density at radius 2 is 1.84 bits per heavy atom. The van der Waals surface area contributed by atoms with Gasteiger partial charge in [-0.2, -0.15) is 0 Å². The number of hydrogen-bond donors (Lipinski definition) is 2. The number of carbonyl (C=O) groups is 2. The highest BCUT2D eigenvalue weighted by Gasteiger charge is 2.24. The second-order valence-corrected chi connectivity index (χ2v) is 6.54. The van der Waals surface area contributed by atoms with Crippen molar-refractivity contribution >= 4 is 34.8 Å². The average molecular weight is 303 g/mol. The van der Waals surface area contributed by atoms with Crippen LogP contribution in [0.3, 0.4) is 0 Å². The van der Waals surface area contributed by atoms with E-state index >= 15 is 0 Å². The molecule has 106 valence electrons. The third kappa shape index (κ3) is 4.84. The number of halogens is 1. The number of rotatable bonds is 5. The molecule has 0 unspecified atom stereocenters. The summed E-state index contributed by atoms with van der Waals surface area (Å²) in [7, 11) is 0. The summed E-state index contributed by atoms with van der Waals surface area (Å²) in [5, 5.41) is 5.56. The molecule has 0 aliphatic rings. The van der Waals surface area contributed by atoms with Crippen molar-refractivity contribution in [2.45, 2.75) is 39.8 Å². The second-order valence-electron chi connectivity index (χ2n) is 4.79. The van der Waals surface area contributed by atoms with Crippen LogP contribution >= 0.6 is 22.9 Å². The molecule has 0 spiro atoms. The highest BCUT2D eigenvalue weighted by atomic mass is 35.5. The van der Waals surface area contributed by atoms with Crippen LogP contribution < -0.4 is 10.6 Å². The summed E-state index contributed by atoms with van der Waals surface area (Å²) in [5.41, 5.74) is 0. The maximum Gasteiger partial charge on any atom is 0.243 e. The van der Waals surface area contributed by atoms with E-state index in [1.54, 1.807) is 6.07 Å². The first-order valence-electron chi connectivity index (χ1n) is 6.14. The van der Waals surface area contributed by atoms with E-state index in [9.17, 15) is 9.59 Å². The van der Waals surface area contributed by atoms with Crippen LogP contribution in [0.1, 0.15) is 38.6 Å². The van der Waals surface area contributed by atoms with Crippen LogP contribution in [0, 0.1) is 5.92 Å². The fourth-order valence-corrected chi connectivity index (χ4v) is 2.75. The zero-order chi connectivity index (χ0) is 14.6. The van der Waals surface area contributed by atoms with Gasteiger partial charge >= 0.3 is 0 Å². The van der Waals surface area contributed by atoms with Gasteiger partial charge in [0.2, 0.25) is 11.8 Å². The van der Waals surface area contributed by atoms with Gasteiger partial charge in [-0.1, -0.05) is 25.4 Å². The minimum Gasteiger partial charge on any atom is -0.347 e. The minimum absolute atomic E-state index is 0.0306. The van der Waals surface area contributed by atoms with E-state index in [4.69, 9.17) is 11.6 Å². The van der Waals surface area contributed by atoms with Gasteiger partial charge in [0.15, 0.2) is 0 Å². The summed E-state index contributed by atoms with van der Waals surface area (Å²) in [6.45, 7) is 7.09. The van der Waals surface area contributed by atoms with Crippen molar-refractivity contribution < 1.29 is 9.59 Å². The van der Waals surface area contributed by atoms with Crippen molar-refractivity contribution in [3.8, 4) is 0 Å². The third-order valence-corrected chi connectivity index (χ3v) is 4.10. The topological polar surface area (TPSA) is 58.2 Å². The largest absolute Gasteiger partial charge is 0.347 e. The maximum absolute atomic E-state index is 12.2. The molecular weight excluding hydrogens is 284 g/mol. The SMILES string of the molecule is CC(=O)N[C@H](C(=O)N[C@@H](C)c1ccc(Cl)s1)C(C)C. The summed E-state index contributed by atoms with van der Waals surface area (Å²) in [6, 6.07) is 3.05. The number of carbonyl (C=O) groups excluding carboxylic acids is 2. The van der Waals surface area contributed by atoms with Crippen molar-refractivity contribution in [2.24, 2.45) is 5.92 Å². The van der Waals surface area contributed by atoms with Crippen LogP contribution in [0.4, 0.5) is 0 Å². The summed E-state index contributed by atoms with van der Waals surface area (Å²) in [6.07, 6.45) is 0. The molecule has 1 aromatic rings. The summed E-state index contributed by atoms with van der Waals surface area (Å²) < 4.78 is 0.693. The van der Waals surface area contributed by atoms with Gasteiger partial charge in [0.25, 0.3) is 0 Å². The third-order valence-electron chi connectivity index (χ3n) is 2.69.